The van der Waals surface area contributed by atoms with Crippen LogP contribution in [0.4, 0.5) is 5.82 Å². The topological polar surface area (TPSA) is 98.8 Å². The Labute approximate surface area is 133 Å². The molecule has 3 N–H and O–H groups in total. The van der Waals surface area contributed by atoms with E-state index < -0.39 is 0 Å². The molecular weight excluding hydrogens is 296 g/mol. The van der Waals surface area contributed by atoms with Crippen molar-refractivity contribution in [3.8, 4) is 0 Å². The van der Waals surface area contributed by atoms with Gasteiger partial charge in [0.25, 0.3) is 5.56 Å². The van der Waals surface area contributed by atoms with Crippen molar-refractivity contribution in [3.05, 3.63) is 44.6 Å². The fourth-order valence-corrected chi connectivity index (χ4v) is 2.78. The van der Waals surface area contributed by atoms with Gasteiger partial charge in [-0.25, -0.2) is 9.78 Å². The second kappa shape index (κ2) is 6.41. The van der Waals surface area contributed by atoms with Crippen molar-refractivity contribution in [1.29, 1.82) is 0 Å². The van der Waals surface area contributed by atoms with Crippen LogP contribution in [0.5, 0.6) is 0 Å². The van der Waals surface area contributed by atoms with Gasteiger partial charge >= 0.3 is 5.69 Å². The third-order valence-corrected chi connectivity index (χ3v) is 4.28. The molecule has 1 aliphatic rings. The molecule has 0 radical (unpaired) electrons. The molecule has 2 aromatic rings. The highest BCUT2D eigenvalue weighted by Gasteiger charge is 2.23. The van der Waals surface area contributed by atoms with E-state index in [1.807, 2.05) is 11.1 Å². The third-order valence-electron chi connectivity index (χ3n) is 4.28. The minimum atomic E-state index is -0.383. The molecule has 0 aromatic carbocycles. The monoisotopic (exact) mass is 318 g/mol. The Morgan fingerprint density at radius 1 is 1.39 bits per heavy atom. The van der Waals surface area contributed by atoms with Gasteiger partial charge < -0.3 is 15.2 Å². The number of aryl methyl sites for hydroxylation is 1. The van der Waals surface area contributed by atoms with E-state index in [0.717, 1.165) is 42.0 Å². The molecule has 124 valence electrons. The van der Waals surface area contributed by atoms with Gasteiger partial charge in [-0.05, 0) is 12.8 Å². The summed E-state index contributed by atoms with van der Waals surface area (Å²) < 4.78 is 1.07. The molecule has 23 heavy (non-hydrogen) atoms. The lowest BCUT2D eigenvalue weighted by atomic mass is 10.2. The van der Waals surface area contributed by atoms with Crippen LogP contribution in [0.15, 0.2) is 21.9 Å². The van der Waals surface area contributed by atoms with Crippen LogP contribution in [-0.4, -0.2) is 38.7 Å². The molecular formula is C15H22N6O2. The summed E-state index contributed by atoms with van der Waals surface area (Å²) in [6, 6.07) is 1.78. The number of nitrogens with one attached hydrogen (secondary N) is 3. The molecule has 0 spiro atoms. The molecule has 1 saturated heterocycles. The summed E-state index contributed by atoms with van der Waals surface area (Å²) in [5.74, 6) is 1.52. The lowest BCUT2D eigenvalue weighted by molar-refractivity contribution is 0.540. The van der Waals surface area contributed by atoms with Crippen molar-refractivity contribution in [2.24, 2.45) is 7.05 Å². The average Bonchev–Trinajstić information content (AvgIpc) is 3.19. The molecule has 3 rings (SSSR count). The Hall–Kier alpha value is -2.35. The third kappa shape index (κ3) is 3.37. The number of H-pyrrole nitrogens is 2. The van der Waals surface area contributed by atoms with E-state index in [1.54, 1.807) is 0 Å². The molecule has 8 nitrogen and oxygen atoms in total. The number of anilines is 1. The fraction of sp³-hybridized carbons (Fsp3) is 0.533. The number of hydrogen-bond acceptors (Lipinski definition) is 5. The van der Waals surface area contributed by atoms with Gasteiger partial charge in [0.05, 0.1) is 6.54 Å². The summed E-state index contributed by atoms with van der Waals surface area (Å²) in [4.78, 5) is 35.8. The Bertz CT molecular complexity index is 759. The first-order chi connectivity index (χ1) is 11.1. The first-order valence-electron chi connectivity index (χ1n) is 7.88. The van der Waals surface area contributed by atoms with E-state index in [9.17, 15) is 9.59 Å². The van der Waals surface area contributed by atoms with Crippen LogP contribution in [-0.2, 0) is 20.0 Å². The summed E-state index contributed by atoms with van der Waals surface area (Å²) in [5.41, 5.74) is 0.460. The molecule has 1 atom stereocenters. The first-order valence-corrected chi connectivity index (χ1v) is 7.88. The van der Waals surface area contributed by atoms with E-state index >= 15 is 0 Å². The van der Waals surface area contributed by atoms with E-state index in [1.165, 1.54) is 13.1 Å². The molecule has 2 aromatic heterocycles. The normalized spacial score (nSPS) is 17.8. The molecule has 0 amide bonds. The maximum absolute atomic E-state index is 11.7. The van der Waals surface area contributed by atoms with Gasteiger partial charge in [0, 0.05) is 44.1 Å². The Kier molecular flexibility index (Phi) is 4.33. The number of aromatic nitrogens is 4. The zero-order valence-corrected chi connectivity index (χ0v) is 13.4. The van der Waals surface area contributed by atoms with Crippen molar-refractivity contribution < 1.29 is 0 Å². The van der Waals surface area contributed by atoms with Crippen molar-refractivity contribution in [2.45, 2.75) is 32.4 Å². The van der Waals surface area contributed by atoms with Crippen molar-refractivity contribution >= 4 is 5.82 Å². The summed E-state index contributed by atoms with van der Waals surface area (Å²) >= 11 is 0. The zero-order chi connectivity index (χ0) is 16.4. The Balaban J connectivity index is 1.60. The maximum atomic E-state index is 11.7. The Morgan fingerprint density at radius 2 is 2.22 bits per heavy atom. The predicted molar refractivity (Wildman–Crippen MR) is 87.7 cm³/mol. The van der Waals surface area contributed by atoms with Gasteiger partial charge in [-0.3, -0.25) is 14.3 Å². The standard InChI is InChI=1S/C15H22N6O2/c1-3-10-7-17-12(18-10)8-16-11-4-5-21(9-11)13-6-14(22)20(2)15(23)19-13/h6-7,11,16H,3-5,8-9H2,1-2H3,(H,17,18)(H,19,23)/t11-/m0/s1. The van der Waals surface area contributed by atoms with Crippen molar-refractivity contribution in [3.63, 3.8) is 0 Å². The number of aromatic amines is 2. The average molecular weight is 318 g/mol. The molecule has 0 bridgehead atoms. The lowest BCUT2D eigenvalue weighted by Gasteiger charge is -2.18. The predicted octanol–water partition coefficient (Wildman–Crippen LogP) is -0.272. The number of imidazole rings is 1. The summed E-state index contributed by atoms with van der Waals surface area (Å²) in [6.45, 7) is 4.33. The minimum absolute atomic E-state index is 0.289. The van der Waals surface area contributed by atoms with Crippen LogP contribution in [0.3, 0.4) is 0 Å². The van der Waals surface area contributed by atoms with Crippen LogP contribution in [0.2, 0.25) is 0 Å². The number of rotatable bonds is 5. The van der Waals surface area contributed by atoms with Gasteiger partial charge in [-0.1, -0.05) is 6.92 Å². The van der Waals surface area contributed by atoms with Crippen molar-refractivity contribution in [2.75, 3.05) is 18.0 Å². The SMILES string of the molecule is CCc1cnc(CN[C@H]2CCN(c3cc(=O)n(C)c(=O)[nH]3)C2)[nH]1. The number of nitrogens with zero attached hydrogens (tertiary/aromatic N) is 3. The maximum Gasteiger partial charge on any atom is 0.329 e. The van der Waals surface area contributed by atoms with Crippen LogP contribution >= 0.6 is 0 Å². The first kappa shape index (κ1) is 15.5. The summed E-state index contributed by atoms with van der Waals surface area (Å²) in [7, 11) is 1.47. The van der Waals surface area contributed by atoms with Crippen LogP contribution in [0, 0.1) is 0 Å². The van der Waals surface area contributed by atoms with E-state index in [-0.39, 0.29) is 11.2 Å². The van der Waals surface area contributed by atoms with Gasteiger partial charge in [0.2, 0.25) is 0 Å². The highest BCUT2D eigenvalue weighted by atomic mass is 16.2. The Morgan fingerprint density at radius 3 is 2.91 bits per heavy atom. The second-order valence-electron chi connectivity index (χ2n) is 5.88. The number of hydrogen-bond donors (Lipinski definition) is 3. The highest BCUT2D eigenvalue weighted by molar-refractivity contribution is 5.38. The van der Waals surface area contributed by atoms with Gasteiger partial charge in [0.15, 0.2) is 0 Å². The van der Waals surface area contributed by atoms with Crippen LogP contribution in [0.25, 0.3) is 0 Å². The van der Waals surface area contributed by atoms with Gasteiger partial charge in [-0.2, -0.15) is 0 Å². The molecule has 0 unspecified atom stereocenters. The van der Waals surface area contributed by atoms with Crippen LogP contribution < -0.4 is 21.5 Å². The van der Waals surface area contributed by atoms with Gasteiger partial charge in [-0.15, -0.1) is 0 Å². The van der Waals surface area contributed by atoms with Crippen molar-refractivity contribution in [1.82, 2.24) is 24.8 Å². The smallest absolute Gasteiger partial charge is 0.329 e. The summed E-state index contributed by atoms with van der Waals surface area (Å²) in [5, 5.41) is 3.46. The van der Waals surface area contributed by atoms with E-state index in [4.69, 9.17) is 0 Å². The van der Waals surface area contributed by atoms with Gasteiger partial charge in [0.1, 0.15) is 11.6 Å². The molecule has 1 fully saturated rings. The van der Waals surface area contributed by atoms with E-state index in [0.29, 0.717) is 18.4 Å². The lowest BCUT2D eigenvalue weighted by Crippen LogP contribution is -2.37. The molecule has 8 heteroatoms. The largest absolute Gasteiger partial charge is 0.356 e. The molecule has 3 heterocycles. The second-order valence-corrected chi connectivity index (χ2v) is 5.88. The zero-order valence-electron chi connectivity index (χ0n) is 13.4. The quantitative estimate of drug-likeness (QED) is 0.705. The molecule has 0 saturated carbocycles. The molecule has 0 aliphatic carbocycles. The highest BCUT2D eigenvalue weighted by Crippen LogP contribution is 2.15. The fourth-order valence-electron chi connectivity index (χ4n) is 2.78. The van der Waals surface area contributed by atoms with E-state index in [2.05, 4.69) is 27.2 Å². The minimum Gasteiger partial charge on any atom is -0.356 e. The van der Waals surface area contributed by atoms with Crippen LogP contribution in [0.1, 0.15) is 24.9 Å². The summed E-state index contributed by atoms with van der Waals surface area (Å²) in [6.07, 6.45) is 3.77. The molecule has 1 aliphatic heterocycles.